The van der Waals surface area contributed by atoms with Crippen LogP contribution in [-0.4, -0.2) is 11.5 Å². The number of rotatable bonds is 6. The zero-order valence-corrected chi connectivity index (χ0v) is 15.8. The van der Waals surface area contributed by atoms with E-state index in [0.29, 0.717) is 17.9 Å². The first-order valence-corrected chi connectivity index (χ1v) is 9.85. The van der Waals surface area contributed by atoms with Crippen molar-refractivity contribution in [1.82, 2.24) is 0 Å². The molecule has 0 saturated heterocycles. The Labute approximate surface area is 148 Å². The molecule has 0 aliphatic carbocycles. The van der Waals surface area contributed by atoms with Crippen molar-refractivity contribution < 1.29 is 24.2 Å². The fraction of sp³-hybridized carbons (Fsp3) is 0.368. The van der Waals surface area contributed by atoms with Crippen LogP contribution < -0.4 is 14.5 Å². The van der Waals surface area contributed by atoms with Gasteiger partial charge in [0.25, 0.3) is 0 Å². The van der Waals surface area contributed by atoms with Crippen LogP contribution in [0.5, 0.6) is 11.5 Å². The second kappa shape index (κ2) is 7.61. The molecule has 0 unspecified atom stereocenters. The number of hydrogen-bond donors (Lipinski definition) is 1. The van der Waals surface area contributed by atoms with E-state index in [1.807, 2.05) is 39.8 Å². The fourth-order valence-electron chi connectivity index (χ4n) is 2.85. The fourth-order valence-corrected chi connectivity index (χ4v) is 3.16. The molecule has 2 aromatic rings. The number of ether oxygens (including phenoxy) is 1. The topological polar surface area (TPSA) is 92.7 Å². The molecule has 0 aliphatic rings. The highest BCUT2D eigenvalue weighted by molar-refractivity contribution is 7.48. The first-order valence-electron chi connectivity index (χ1n) is 8.12. The van der Waals surface area contributed by atoms with Crippen molar-refractivity contribution in [3.05, 3.63) is 58.1 Å². The molecule has 2 aromatic carbocycles. The lowest BCUT2D eigenvalue weighted by atomic mass is 9.93. The summed E-state index contributed by atoms with van der Waals surface area (Å²) in [6.45, 7) is 7.91. The number of hydrogen-bond acceptors (Lipinski definition) is 5. The molecule has 25 heavy (non-hydrogen) atoms. The predicted octanol–water partition coefficient (Wildman–Crippen LogP) is 2.97. The summed E-state index contributed by atoms with van der Waals surface area (Å²) in [6, 6.07) is 9.10. The summed E-state index contributed by atoms with van der Waals surface area (Å²) < 4.78 is 15.8. The molecule has 1 N–H and O–H groups in total. The Hall–Kier alpha value is -1.81. The smallest absolute Gasteiger partial charge is 0.120 e. The lowest BCUT2D eigenvalue weighted by Crippen LogP contribution is -2.19. The van der Waals surface area contributed by atoms with Crippen LogP contribution in [0.3, 0.4) is 0 Å². The Morgan fingerprint density at radius 2 is 1.72 bits per heavy atom. The average molecular weight is 362 g/mol. The third-order valence-corrected chi connectivity index (χ3v) is 4.60. The molecule has 0 atom stereocenters. The maximum atomic E-state index is 10.7. The second-order valence-corrected chi connectivity index (χ2v) is 8.12. The van der Waals surface area contributed by atoms with E-state index >= 15 is 0 Å². The van der Waals surface area contributed by atoms with E-state index in [9.17, 15) is 19.5 Å². The van der Waals surface area contributed by atoms with Crippen molar-refractivity contribution in [3.63, 3.8) is 0 Å². The van der Waals surface area contributed by atoms with Crippen LogP contribution in [-0.2, 0) is 11.0 Å². The zero-order valence-electron chi connectivity index (χ0n) is 14.9. The number of phenolic OH excluding ortho intramolecular Hbond substituents is 1. The van der Waals surface area contributed by atoms with Gasteiger partial charge in [-0.3, -0.25) is 0 Å². The van der Waals surface area contributed by atoms with Gasteiger partial charge >= 0.3 is 0 Å². The van der Waals surface area contributed by atoms with Crippen LogP contribution in [0, 0.1) is 13.8 Å². The van der Waals surface area contributed by atoms with E-state index in [1.165, 1.54) is 0 Å². The van der Waals surface area contributed by atoms with Gasteiger partial charge in [-0.05, 0) is 79.8 Å². The molecule has 0 aliphatic heterocycles. The Bertz CT molecular complexity index is 784. The molecule has 0 saturated carbocycles. The quantitative estimate of drug-likeness (QED) is 0.798. The molecule has 0 spiro atoms. The lowest BCUT2D eigenvalue weighted by Gasteiger charge is -2.29. The third-order valence-electron chi connectivity index (χ3n) is 4.15. The van der Waals surface area contributed by atoms with Crippen LogP contribution in [0.15, 0.2) is 30.3 Å². The van der Waals surface area contributed by atoms with Gasteiger partial charge in [0.05, 0.1) is 0 Å². The number of aromatic hydroxyl groups is 1. The lowest BCUT2D eigenvalue weighted by molar-refractivity contribution is -0.316. The maximum absolute atomic E-state index is 10.7. The summed E-state index contributed by atoms with van der Waals surface area (Å²) >= 11 is 0. The molecule has 2 rings (SSSR count). The van der Waals surface area contributed by atoms with E-state index in [4.69, 9.17) is 4.74 Å². The minimum absolute atomic E-state index is 0.229. The van der Waals surface area contributed by atoms with E-state index in [1.54, 1.807) is 18.2 Å². The minimum atomic E-state index is -4.69. The summed E-state index contributed by atoms with van der Waals surface area (Å²) in [5.74, 6) is 0.905. The van der Waals surface area contributed by atoms with Crippen molar-refractivity contribution in [2.45, 2.75) is 40.0 Å². The molecule has 136 valence electrons. The van der Waals surface area contributed by atoms with E-state index < -0.39 is 13.9 Å². The molecular formula is C19H23O5P-2. The SMILES string of the molecule is Cc1cc(OCP(=O)([O-])[O-])cc(C)c1Cc1ccc(O)c(C(C)C)c1. The molecule has 0 radical (unpaired) electrons. The van der Waals surface area contributed by atoms with Gasteiger partial charge in [-0.2, -0.15) is 0 Å². The van der Waals surface area contributed by atoms with Gasteiger partial charge in [0.2, 0.25) is 0 Å². The summed E-state index contributed by atoms with van der Waals surface area (Å²) in [6.07, 6.45) is -0.152. The van der Waals surface area contributed by atoms with Gasteiger partial charge in [0, 0.05) is 0 Å². The van der Waals surface area contributed by atoms with Crippen LogP contribution in [0.1, 0.15) is 47.6 Å². The predicted molar refractivity (Wildman–Crippen MR) is 94.0 cm³/mol. The largest absolute Gasteiger partial charge is 0.808 e. The maximum Gasteiger partial charge on any atom is 0.120 e. The normalized spacial score (nSPS) is 11.8. The summed E-state index contributed by atoms with van der Waals surface area (Å²) in [5, 5.41) is 9.95. The first kappa shape index (κ1) is 19.5. The Morgan fingerprint density at radius 3 is 2.24 bits per heavy atom. The summed E-state index contributed by atoms with van der Waals surface area (Å²) in [5.41, 5.74) is 5.03. The molecule has 6 heteroatoms. The number of aryl methyl sites for hydroxylation is 2. The summed E-state index contributed by atoms with van der Waals surface area (Å²) in [7, 11) is -4.69. The van der Waals surface area contributed by atoms with Crippen LogP contribution in [0.25, 0.3) is 0 Å². The Kier molecular flexibility index (Phi) is 5.94. The molecule has 0 fully saturated rings. The van der Waals surface area contributed by atoms with Crippen LogP contribution >= 0.6 is 7.60 Å². The Morgan fingerprint density at radius 1 is 1.12 bits per heavy atom. The van der Waals surface area contributed by atoms with Gasteiger partial charge in [-0.15, -0.1) is 0 Å². The van der Waals surface area contributed by atoms with Crippen LogP contribution in [0.4, 0.5) is 0 Å². The molecule has 0 aromatic heterocycles. The van der Waals surface area contributed by atoms with Crippen LogP contribution in [0.2, 0.25) is 0 Å². The van der Waals surface area contributed by atoms with Gasteiger partial charge in [0.1, 0.15) is 17.8 Å². The van der Waals surface area contributed by atoms with E-state index in [0.717, 1.165) is 27.8 Å². The minimum Gasteiger partial charge on any atom is -0.808 e. The zero-order chi connectivity index (χ0) is 18.8. The van der Waals surface area contributed by atoms with E-state index in [-0.39, 0.29) is 5.92 Å². The van der Waals surface area contributed by atoms with Crippen molar-refractivity contribution in [2.75, 3.05) is 6.35 Å². The van der Waals surface area contributed by atoms with Gasteiger partial charge < -0.3 is 24.2 Å². The standard InChI is InChI=1S/C19H25O5P/c1-12(2)17-9-15(5-6-19(17)20)10-18-13(3)7-16(8-14(18)4)24-11-25(21,22)23/h5-9,12,20H,10-11H2,1-4H3,(H2,21,22,23)/p-2. The number of phenols is 1. The molecular weight excluding hydrogens is 339 g/mol. The monoisotopic (exact) mass is 362 g/mol. The van der Waals surface area contributed by atoms with Gasteiger partial charge in [0.15, 0.2) is 0 Å². The molecule has 0 heterocycles. The second-order valence-electron chi connectivity index (χ2n) is 6.64. The van der Waals surface area contributed by atoms with Crippen molar-refractivity contribution in [3.8, 4) is 11.5 Å². The van der Waals surface area contributed by atoms with Gasteiger partial charge in [-0.1, -0.05) is 26.0 Å². The summed E-state index contributed by atoms with van der Waals surface area (Å²) in [4.78, 5) is 21.4. The van der Waals surface area contributed by atoms with E-state index in [2.05, 4.69) is 0 Å². The van der Waals surface area contributed by atoms with Crippen molar-refractivity contribution in [2.24, 2.45) is 0 Å². The van der Waals surface area contributed by atoms with Gasteiger partial charge in [-0.25, -0.2) is 0 Å². The molecule has 0 bridgehead atoms. The van der Waals surface area contributed by atoms with Crippen molar-refractivity contribution >= 4 is 7.60 Å². The highest BCUT2D eigenvalue weighted by Crippen LogP contribution is 2.30. The Balaban J connectivity index is 2.26. The highest BCUT2D eigenvalue weighted by atomic mass is 31.2. The third kappa shape index (κ3) is 5.33. The van der Waals surface area contributed by atoms with Crippen molar-refractivity contribution in [1.29, 1.82) is 0 Å². The average Bonchev–Trinajstić information content (AvgIpc) is 2.49. The molecule has 5 nitrogen and oxygen atoms in total. The molecule has 0 amide bonds. The highest BCUT2D eigenvalue weighted by Gasteiger charge is 2.11. The first-order chi connectivity index (χ1) is 11.6. The number of benzene rings is 2.